The minimum Gasteiger partial charge on any atom is -0.381 e. The number of ether oxygens (including phenoxy) is 1. The second-order valence-electron chi connectivity index (χ2n) is 10.8. The number of fused-ring (bicyclic) bond motifs is 1. The highest BCUT2D eigenvalue weighted by Crippen LogP contribution is 2.47. The minimum absolute atomic E-state index is 0.124. The lowest BCUT2D eigenvalue weighted by molar-refractivity contribution is -0.145. The first-order valence-electron chi connectivity index (χ1n) is 13.0. The number of nitrogens with one attached hydrogen (secondary N) is 1. The second-order valence-corrected chi connectivity index (χ2v) is 10.8. The van der Waals surface area contributed by atoms with E-state index in [1.165, 1.54) is 12.1 Å². The van der Waals surface area contributed by atoms with Crippen LogP contribution in [0.15, 0.2) is 12.1 Å². The first-order chi connectivity index (χ1) is 16.1. The van der Waals surface area contributed by atoms with E-state index in [1.807, 2.05) is 11.8 Å². The number of benzene rings is 1. The maximum absolute atomic E-state index is 14.0. The van der Waals surface area contributed by atoms with Crippen molar-refractivity contribution >= 4 is 5.91 Å². The molecular formula is C27H39F3N2O2. The smallest absolute Gasteiger partial charge is 0.381 e. The minimum atomic E-state index is -4.38. The van der Waals surface area contributed by atoms with E-state index >= 15 is 0 Å². The number of rotatable bonds is 6. The summed E-state index contributed by atoms with van der Waals surface area (Å²) in [5.41, 5.74) is 1.44. The van der Waals surface area contributed by atoms with Crippen molar-refractivity contribution in [3.05, 3.63) is 34.4 Å². The second kappa shape index (κ2) is 10.2. The van der Waals surface area contributed by atoms with Gasteiger partial charge in [0.1, 0.15) is 0 Å². The molecule has 2 atom stereocenters. The lowest BCUT2D eigenvalue weighted by atomic mass is 9.73. The van der Waals surface area contributed by atoms with Crippen LogP contribution in [-0.2, 0) is 35.1 Å². The highest BCUT2D eigenvalue weighted by molar-refractivity contribution is 5.84. The molecule has 7 heteroatoms. The van der Waals surface area contributed by atoms with Crippen LogP contribution >= 0.6 is 0 Å². The van der Waals surface area contributed by atoms with E-state index in [4.69, 9.17) is 4.74 Å². The molecule has 1 amide bonds. The van der Waals surface area contributed by atoms with Crippen LogP contribution < -0.4 is 5.32 Å². The number of hydrogen-bond donors (Lipinski definition) is 1. The molecule has 34 heavy (non-hydrogen) atoms. The summed E-state index contributed by atoms with van der Waals surface area (Å²) < 4.78 is 46.2. The maximum Gasteiger partial charge on any atom is 0.416 e. The zero-order chi connectivity index (χ0) is 24.5. The molecule has 0 aromatic heterocycles. The zero-order valence-electron chi connectivity index (χ0n) is 20.8. The molecule has 0 bridgehead atoms. The lowest BCUT2D eigenvalue weighted by Gasteiger charge is -2.40. The Morgan fingerprint density at radius 1 is 1.21 bits per heavy atom. The van der Waals surface area contributed by atoms with E-state index in [9.17, 15) is 18.0 Å². The van der Waals surface area contributed by atoms with Gasteiger partial charge in [-0.05, 0) is 79.7 Å². The monoisotopic (exact) mass is 480 g/mol. The molecule has 2 heterocycles. The zero-order valence-corrected chi connectivity index (χ0v) is 20.8. The fourth-order valence-electron chi connectivity index (χ4n) is 6.32. The van der Waals surface area contributed by atoms with Gasteiger partial charge in [0, 0.05) is 38.4 Å². The molecule has 1 aromatic rings. The Morgan fingerprint density at radius 2 is 1.94 bits per heavy atom. The largest absolute Gasteiger partial charge is 0.416 e. The molecule has 1 saturated carbocycles. The van der Waals surface area contributed by atoms with Gasteiger partial charge in [0.15, 0.2) is 0 Å². The first-order valence-corrected chi connectivity index (χ1v) is 13.0. The van der Waals surface area contributed by atoms with Gasteiger partial charge in [-0.15, -0.1) is 0 Å². The third-order valence-corrected chi connectivity index (χ3v) is 8.33. The number of carbonyl (C=O) groups excluding carboxylic acids is 1. The van der Waals surface area contributed by atoms with Crippen molar-refractivity contribution in [1.82, 2.24) is 10.2 Å². The van der Waals surface area contributed by atoms with Crippen LogP contribution in [0, 0.1) is 11.3 Å². The van der Waals surface area contributed by atoms with Crippen LogP contribution in [0.4, 0.5) is 13.2 Å². The summed E-state index contributed by atoms with van der Waals surface area (Å²) in [5.74, 6) is 0.305. The Balaban J connectivity index is 1.53. The van der Waals surface area contributed by atoms with Gasteiger partial charge < -0.3 is 15.0 Å². The normalized spacial score (nSPS) is 26.2. The molecule has 2 fully saturated rings. The van der Waals surface area contributed by atoms with E-state index in [0.29, 0.717) is 37.0 Å². The molecule has 3 aliphatic rings. The van der Waals surface area contributed by atoms with E-state index in [1.54, 1.807) is 0 Å². The fourth-order valence-corrected chi connectivity index (χ4v) is 6.32. The molecule has 0 unspecified atom stereocenters. The third-order valence-electron chi connectivity index (χ3n) is 8.33. The highest BCUT2D eigenvalue weighted by atomic mass is 19.4. The maximum atomic E-state index is 14.0. The van der Waals surface area contributed by atoms with Gasteiger partial charge in [-0.2, -0.15) is 13.2 Å². The van der Waals surface area contributed by atoms with Crippen LogP contribution in [0.25, 0.3) is 0 Å². The van der Waals surface area contributed by atoms with Gasteiger partial charge in [-0.1, -0.05) is 27.2 Å². The fraction of sp³-hybridized carbons (Fsp3) is 0.741. The molecule has 0 radical (unpaired) electrons. The van der Waals surface area contributed by atoms with Crippen molar-refractivity contribution in [2.75, 3.05) is 19.8 Å². The molecule has 2 aliphatic heterocycles. The average molecular weight is 481 g/mol. The standard InChI is InChI=1S/C27H39F3N2O2/c1-4-5-19-14-21(27(28,29)30)15-20-17-32(11-7-24(19)20)25(33)26(18(2)3)10-6-23(16-26)31-22-8-12-34-13-9-22/h14-15,18,22-23,31H,4-13,16-17H2,1-3H3/t23-,26+/m1/s1. The van der Waals surface area contributed by atoms with E-state index in [2.05, 4.69) is 19.2 Å². The van der Waals surface area contributed by atoms with Crippen molar-refractivity contribution in [3.8, 4) is 0 Å². The number of carbonyl (C=O) groups is 1. The Bertz CT molecular complexity index is 879. The molecule has 4 nitrogen and oxygen atoms in total. The Labute approximate surface area is 201 Å². The van der Waals surface area contributed by atoms with E-state index in [0.717, 1.165) is 62.9 Å². The van der Waals surface area contributed by atoms with Crippen LogP contribution in [0.1, 0.15) is 81.5 Å². The quantitative estimate of drug-likeness (QED) is 0.584. The van der Waals surface area contributed by atoms with Crippen molar-refractivity contribution < 1.29 is 22.7 Å². The Hall–Kier alpha value is -1.60. The summed E-state index contributed by atoms with van der Waals surface area (Å²) in [7, 11) is 0. The number of aryl methyl sites for hydroxylation is 1. The summed E-state index contributed by atoms with van der Waals surface area (Å²) in [4.78, 5) is 15.8. The first kappa shape index (κ1) is 25.5. The number of nitrogens with zero attached hydrogens (tertiary/aromatic N) is 1. The summed E-state index contributed by atoms with van der Waals surface area (Å²) in [6, 6.07) is 3.34. The summed E-state index contributed by atoms with van der Waals surface area (Å²) in [5, 5.41) is 3.77. The number of alkyl halides is 3. The predicted molar refractivity (Wildman–Crippen MR) is 126 cm³/mol. The van der Waals surface area contributed by atoms with Crippen LogP contribution in [0.3, 0.4) is 0 Å². The molecule has 0 spiro atoms. The summed E-state index contributed by atoms with van der Waals surface area (Å²) in [6.07, 6.45) is 2.29. The SMILES string of the molecule is CCCc1cc(C(F)(F)F)cc2c1CCN(C(=O)[C@@]1(C(C)C)CC[C@@H](NC3CCOCC3)C1)C2. The topological polar surface area (TPSA) is 41.6 Å². The van der Waals surface area contributed by atoms with Crippen LogP contribution in [-0.4, -0.2) is 42.6 Å². The van der Waals surface area contributed by atoms with Gasteiger partial charge in [0.25, 0.3) is 0 Å². The molecule has 1 aliphatic carbocycles. The predicted octanol–water partition coefficient (Wildman–Crippen LogP) is 5.51. The van der Waals surface area contributed by atoms with Crippen LogP contribution in [0.2, 0.25) is 0 Å². The van der Waals surface area contributed by atoms with Gasteiger partial charge in [0.2, 0.25) is 5.91 Å². The Morgan fingerprint density at radius 3 is 2.59 bits per heavy atom. The van der Waals surface area contributed by atoms with Crippen molar-refractivity contribution in [2.45, 2.75) is 96.9 Å². The lowest BCUT2D eigenvalue weighted by Crippen LogP contribution is -2.49. The number of amides is 1. The van der Waals surface area contributed by atoms with Gasteiger partial charge in [-0.25, -0.2) is 0 Å². The summed E-state index contributed by atoms with van der Waals surface area (Å²) >= 11 is 0. The molecule has 4 rings (SSSR count). The van der Waals surface area contributed by atoms with Gasteiger partial charge >= 0.3 is 6.18 Å². The number of hydrogen-bond acceptors (Lipinski definition) is 3. The Kier molecular flexibility index (Phi) is 7.63. The number of halogens is 3. The van der Waals surface area contributed by atoms with E-state index in [-0.39, 0.29) is 18.4 Å². The van der Waals surface area contributed by atoms with Gasteiger partial charge in [-0.3, -0.25) is 4.79 Å². The molecule has 190 valence electrons. The molecule has 1 aromatic carbocycles. The summed E-state index contributed by atoms with van der Waals surface area (Å²) in [6.45, 7) is 8.66. The molecular weight excluding hydrogens is 441 g/mol. The highest BCUT2D eigenvalue weighted by Gasteiger charge is 2.50. The molecule has 1 saturated heterocycles. The van der Waals surface area contributed by atoms with Crippen molar-refractivity contribution in [1.29, 1.82) is 0 Å². The van der Waals surface area contributed by atoms with Crippen LogP contribution in [0.5, 0.6) is 0 Å². The average Bonchev–Trinajstić information content (AvgIpc) is 3.23. The van der Waals surface area contributed by atoms with Crippen molar-refractivity contribution in [2.24, 2.45) is 11.3 Å². The molecule has 1 N–H and O–H groups in total. The van der Waals surface area contributed by atoms with E-state index < -0.39 is 17.2 Å². The van der Waals surface area contributed by atoms with Crippen molar-refractivity contribution in [3.63, 3.8) is 0 Å². The van der Waals surface area contributed by atoms with Gasteiger partial charge in [0.05, 0.1) is 11.0 Å². The third kappa shape index (κ3) is 5.15.